The van der Waals surface area contributed by atoms with Crippen LogP contribution in [-0.4, -0.2) is 24.0 Å². The normalized spacial score (nSPS) is 13.2. The lowest BCUT2D eigenvalue weighted by molar-refractivity contribution is -0.132. The Morgan fingerprint density at radius 2 is 1.92 bits per heavy atom. The van der Waals surface area contributed by atoms with Gasteiger partial charge in [-0.15, -0.1) is 0 Å². The number of hydrogen-bond donors (Lipinski definition) is 1. The maximum absolute atomic E-state index is 13.9. The van der Waals surface area contributed by atoms with Gasteiger partial charge in [-0.1, -0.05) is 32.4 Å². The quantitative estimate of drug-likeness (QED) is 0.754. The number of halogens is 1. The molecule has 4 nitrogen and oxygen atoms in total. The second-order valence-electron chi connectivity index (χ2n) is 6.43. The molecular weight excluding hydrogens is 309 g/mol. The number of benzene rings is 1. The lowest BCUT2D eigenvalue weighted by Gasteiger charge is -2.21. The maximum atomic E-state index is 13.9. The van der Waals surface area contributed by atoms with Crippen LogP contribution in [0, 0.1) is 24.6 Å². The highest BCUT2D eigenvalue weighted by atomic mass is 19.1. The van der Waals surface area contributed by atoms with E-state index in [2.05, 4.69) is 5.32 Å². The molecule has 0 bridgehead atoms. The summed E-state index contributed by atoms with van der Waals surface area (Å²) in [6, 6.07) is 4.77. The predicted molar refractivity (Wildman–Crippen MR) is 91.1 cm³/mol. The summed E-state index contributed by atoms with van der Waals surface area (Å²) in [6.07, 6.45) is 0.759. The first-order chi connectivity index (χ1) is 11.2. The molecule has 1 N–H and O–H groups in total. The summed E-state index contributed by atoms with van der Waals surface area (Å²) in [4.78, 5) is 35.6. The number of amides is 1. The Morgan fingerprint density at radius 3 is 2.46 bits per heavy atom. The number of aryl methyl sites for hydroxylation is 1. The Hall–Kier alpha value is -2.04. The van der Waals surface area contributed by atoms with Gasteiger partial charge < -0.3 is 5.32 Å². The van der Waals surface area contributed by atoms with Crippen molar-refractivity contribution in [3.63, 3.8) is 0 Å². The third kappa shape index (κ3) is 6.22. The molecule has 1 aromatic carbocycles. The zero-order valence-electron chi connectivity index (χ0n) is 14.8. The van der Waals surface area contributed by atoms with Gasteiger partial charge in [0, 0.05) is 18.8 Å². The van der Waals surface area contributed by atoms with Gasteiger partial charge in [0.1, 0.15) is 17.4 Å². The molecule has 0 aromatic heterocycles. The Bertz CT molecular complexity index is 613. The summed E-state index contributed by atoms with van der Waals surface area (Å²) in [5.74, 6) is -1.51. The monoisotopic (exact) mass is 335 g/mol. The molecule has 1 aromatic rings. The zero-order valence-corrected chi connectivity index (χ0v) is 14.8. The van der Waals surface area contributed by atoms with Gasteiger partial charge in [-0.05, 0) is 37.0 Å². The van der Waals surface area contributed by atoms with Crippen molar-refractivity contribution in [2.75, 3.05) is 6.54 Å². The Balaban J connectivity index is 2.76. The second kappa shape index (κ2) is 9.30. The van der Waals surface area contributed by atoms with Gasteiger partial charge in [0.2, 0.25) is 5.91 Å². The van der Waals surface area contributed by atoms with Crippen LogP contribution < -0.4 is 5.32 Å². The first kappa shape index (κ1) is 20.0. The molecular formula is C19H26FNO3. The molecule has 0 fully saturated rings. The Kier molecular flexibility index (Phi) is 7.75. The molecule has 0 saturated carbocycles. The van der Waals surface area contributed by atoms with Crippen molar-refractivity contribution in [3.8, 4) is 0 Å². The van der Waals surface area contributed by atoms with Crippen LogP contribution >= 0.6 is 0 Å². The molecule has 1 rings (SSSR count). The number of ketones is 2. The topological polar surface area (TPSA) is 63.2 Å². The average Bonchev–Trinajstić information content (AvgIpc) is 2.52. The van der Waals surface area contributed by atoms with Crippen LogP contribution in [0.25, 0.3) is 0 Å². The van der Waals surface area contributed by atoms with Gasteiger partial charge in [-0.3, -0.25) is 14.4 Å². The van der Waals surface area contributed by atoms with Crippen LogP contribution in [0.4, 0.5) is 4.39 Å². The zero-order chi connectivity index (χ0) is 18.3. The number of nitrogens with one attached hydrogen (secondary N) is 1. The van der Waals surface area contributed by atoms with Gasteiger partial charge in [-0.25, -0.2) is 4.39 Å². The van der Waals surface area contributed by atoms with E-state index in [1.165, 1.54) is 13.0 Å². The van der Waals surface area contributed by atoms with Crippen LogP contribution in [0.5, 0.6) is 0 Å². The number of rotatable bonds is 9. The third-order valence-corrected chi connectivity index (χ3v) is 4.22. The Morgan fingerprint density at radius 1 is 1.25 bits per heavy atom. The highest BCUT2D eigenvalue weighted by molar-refractivity contribution is 5.90. The fourth-order valence-electron chi connectivity index (χ4n) is 2.51. The van der Waals surface area contributed by atoms with Crippen molar-refractivity contribution >= 4 is 17.5 Å². The highest BCUT2D eigenvalue weighted by Gasteiger charge is 2.27. The summed E-state index contributed by atoms with van der Waals surface area (Å²) < 4.78 is 13.9. The summed E-state index contributed by atoms with van der Waals surface area (Å²) in [7, 11) is 0. The lowest BCUT2D eigenvalue weighted by atomic mass is 9.85. The van der Waals surface area contributed by atoms with Crippen LogP contribution in [-0.2, 0) is 20.8 Å². The number of Topliss-reactive ketones (excluding diaryl/α,β-unsaturated/α-hetero) is 2. The molecule has 0 heterocycles. The molecule has 24 heavy (non-hydrogen) atoms. The molecule has 0 aliphatic carbocycles. The summed E-state index contributed by atoms with van der Waals surface area (Å²) in [6.45, 7) is 6.99. The fraction of sp³-hybridized carbons (Fsp3) is 0.526. The molecule has 5 heteroatoms. The number of hydrogen-bond acceptors (Lipinski definition) is 3. The van der Waals surface area contributed by atoms with E-state index in [0.29, 0.717) is 5.56 Å². The van der Waals surface area contributed by atoms with Crippen molar-refractivity contribution in [3.05, 3.63) is 35.1 Å². The molecule has 0 radical (unpaired) electrons. The van der Waals surface area contributed by atoms with E-state index in [-0.39, 0.29) is 42.8 Å². The molecule has 0 aliphatic heterocycles. The van der Waals surface area contributed by atoms with Gasteiger partial charge in [-0.2, -0.15) is 0 Å². The molecule has 0 spiro atoms. The first-order valence-corrected chi connectivity index (χ1v) is 8.28. The minimum atomic E-state index is -0.504. The molecule has 0 aliphatic rings. The molecule has 2 atom stereocenters. The summed E-state index contributed by atoms with van der Waals surface area (Å²) in [5.41, 5.74) is 1.14. The second-order valence-corrected chi connectivity index (χ2v) is 6.43. The lowest BCUT2D eigenvalue weighted by Crippen LogP contribution is -2.38. The standard InChI is InChI=1S/C19H26FNO3/c1-5-13(3)17(19(24)21-11-14(4)22)10-16(23)9-15-7-6-12(2)8-18(15)20/h6-8,13,17H,5,9-11H2,1-4H3,(H,21,24)/t13-,17-/m0/s1. The van der Waals surface area contributed by atoms with Crippen molar-refractivity contribution in [1.29, 1.82) is 0 Å². The van der Waals surface area contributed by atoms with Gasteiger partial charge in [0.15, 0.2) is 0 Å². The highest BCUT2D eigenvalue weighted by Crippen LogP contribution is 2.21. The van der Waals surface area contributed by atoms with E-state index >= 15 is 0 Å². The minimum absolute atomic E-state index is 0.00349. The van der Waals surface area contributed by atoms with Crippen LogP contribution in [0.3, 0.4) is 0 Å². The van der Waals surface area contributed by atoms with E-state index in [0.717, 1.165) is 12.0 Å². The molecule has 1 amide bonds. The Labute approximate surface area is 142 Å². The number of carbonyl (C=O) groups excluding carboxylic acids is 3. The summed E-state index contributed by atoms with van der Waals surface area (Å²) in [5, 5.41) is 2.57. The molecule has 132 valence electrons. The van der Waals surface area contributed by atoms with E-state index in [1.54, 1.807) is 19.1 Å². The fourth-order valence-corrected chi connectivity index (χ4v) is 2.51. The average molecular weight is 335 g/mol. The van der Waals surface area contributed by atoms with Crippen LogP contribution in [0.1, 0.15) is 44.7 Å². The van der Waals surface area contributed by atoms with Crippen LogP contribution in [0.2, 0.25) is 0 Å². The molecule has 0 saturated heterocycles. The molecule has 0 unspecified atom stereocenters. The van der Waals surface area contributed by atoms with Crippen molar-refractivity contribution in [1.82, 2.24) is 5.32 Å². The van der Waals surface area contributed by atoms with Gasteiger partial charge >= 0.3 is 0 Å². The smallest absolute Gasteiger partial charge is 0.224 e. The predicted octanol–water partition coefficient (Wildman–Crippen LogP) is 3.00. The van der Waals surface area contributed by atoms with Crippen molar-refractivity contribution in [2.24, 2.45) is 11.8 Å². The minimum Gasteiger partial charge on any atom is -0.349 e. The largest absolute Gasteiger partial charge is 0.349 e. The van der Waals surface area contributed by atoms with Crippen molar-refractivity contribution in [2.45, 2.75) is 47.0 Å². The van der Waals surface area contributed by atoms with Crippen molar-refractivity contribution < 1.29 is 18.8 Å². The summed E-state index contributed by atoms with van der Waals surface area (Å²) >= 11 is 0. The van der Waals surface area contributed by atoms with Gasteiger partial charge in [0.25, 0.3) is 0 Å². The van der Waals surface area contributed by atoms with E-state index in [9.17, 15) is 18.8 Å². The first-order valence-electron chi connectivity index (χ1n) is 8.28. The SMILES string of the molecule is CC[C@H](C)[C@H](CC(=O)Cc1ccc(C)cc1F)C(=O)NCC(C)=O. The maximum Gasteiger partial charge on any atom is 0.224 e. The van der Waals surface area contributed by atoms with Gasteiger partial charge in [0.05, 0.1) is 6.54 Å². The van der Waals surface area contributed by atoms with E-state index < -0.39 is 11.7 Å². The number of carbonyl (C=O) groups is 3. The van der Waals surface area contributed by atoms with Crippen LogP contribution in [0.15, 0.2) is 18.2 Å². The van der Waals surface area contributed by atoms with E-state index in [4.69, 9.17) is 0 Å². The third-order valence-electron chi connectivity index (χ3n) is 4.22. The van der Waals surface area contributed by atoms with E-state index in [1.807, 2.05) is 13.8 Å².